The Kier molecular flexibility index (Phi) is 6.43. The van der Waals surface area contributed by atoms with Crippen LogP contribution < -0.4 is 4.74 Å². The maximum absolute atomic E-state index is 11.6. The highest BCUT2D eigenvalue weighted by Gasteiger charge is 2.29. The third kappa shape index (κ3) is 4.67. The molecule has 0 saturated heterocycles. The van der Waals surface area contributed by atoms with Gasteiger partial charge in [-0.15, -0.1) is 11.8 Å². The van der Waals surface area contributed by atoms with E-state index in [4.69, 9.17) is 9.47 Å². The second kappa shape index (κ2) is 8.32. The Morgan fingerprint density at radius 1 is 1.24 bits per heavy atom. The summed E-state index contributed by atoms with van der Waals surface area (Å²) in [6, 6.07) is 8.24. The summed E-state index contributed by atoms with van der Waals surface area (Å²) in [5.41, 5.74) is 1.25. The molecule has 0 heterocycles. The minimum atomic E-state index is -0.0909. The summed E-state index contributed by atoms with van der Waals surface area (Å²) in [5, 5.41) is 0. The molecule has 1 saturated carbocycles. The van der Waals surface area contributed by atoms with Crippen molar-refractivity contribution in [2.75, 3.05) is 12.2 Å². The summed E-state index contributed by atoms with van der Waals surface area (Å²) in [7, 11) is 0. The van der Waals surface area contributed by atoms with Crippen LogP contribution in [0.25, 0.3) is 0 Å². The van der Waals surface area contributed by atoms with Gasteiger partial charge in [-0.25, -0.2) is 0 Å². The van der Waals surface area contributed by atoms with Gasteiger partial charge in [0.2, 0.25) is 0 Å². The Bertz CT molecular complexity index is 444. The van der Waals surface area contributed by atoms with E-state index < -0.39 is 0 Å². The molecule has 1 aliphatic carbocycles. The molecule has 1 aromatic carbocycles. The highest BCUT2D eigenvalue weighted by Crippen LogP contribution is 2.35. The van der Waals surface area contributed by atoms with E-state index in [1.807, 2.05) is 25.3 Å². The second-order valence-corrected chi connectivity index (χ2v) is 6.21. The van der Waals surface area contributed by atoms with Crippen LogP contribution in [-0.4, -0.2) is 24.3 Å². The normalized spacial score (nSPS) is 21.8. The Labute approximate surface area is 131 Å². The summed E-state index contributed by atoms with van der Waals surface area (Å²) in [4.78, 5) is 11.6. The minimum absolute atomic E-state index is 0.0316. The topological polar surface area (TPSA) is 35.5 Å². The predicted octanol–water partition coefficient (Wildman–Crippen LogP) is 4.37. The summed E-state index contributed by atoms with van der Waals surface area (Å²) in [5.74, 6) is 1.79. The van der Waals surface area contributed by atoms with E-state index in [-0.39, 0.29) is 12.1 Å². The monoisotopic (exact) mass is 308 g/mol. The van der Waals surface area contributed by atoms with Crippen molar-refractivity contribution in [3.8, 4) is 5.75 Å². The lowest BCUT2D eigenvalue weighted by Crippen LogP contribution is -2.28. The van der Waals surface area contributed by atoms with Crippen molar-refractivity contribution in [1.29, 1.82) is 0 Å². The molecule has 2 unspecified atom stereocenters. The molecule has 2 atom stereocenters. The number of hydrogen-bond donors (Lipinski definition) is 0. The lowest BCUT2D eigenvalue weighted by molar-refractivity contribution is -0.151. The summed E-state index contributed by atoms with van der Waals surface area (Å²) >= 11 is 1.66. The van der Waals surface area contributed by atoms with Crippen molar-refractivity contribution >= 4 is 17.7 Å². The van der Waals surface area contributed by atoms with Gasteiger partial charge in [0.15, 0.2) is 0 Å². The predicted molar refractivity (Wildman–Crippen MR) is 86.8 cm³/mol. The van der Waals surface area contributed by atoms with Crippen molar-refractivity contribution in [3.05, 3.63) is 29.8 Å². The molecule has 0 aliphatic heterocycles. The molecule has 21 heavy (non-hydrogen) atoms. The number of carbonyl (C=O) groups excluding carboxylic acids is 1. The van der Waals surface area contributed by atoms with E-state index >= 15 is 0 Å². The van der Waals surface area contributed by atoms with Crippen LogP contribution in [0.1, 0.15) is 50.5 Å². The van der Waals surface area contributed by atoms with Crippen molar-refractivity contribution in [3.63, 3.8) is 0 Å². The lowest BCUT2D eigenvalue weighted by atomic mass is 9.81. The van der Waals surface area contributed by atoms with Crippen LogP contribution in [0.4, 0.5) is 0 Å². The fourth-order valence-corrected chi connectivity index (χ4v) is 3.06. The second-order valence-electron chi connectivity index (χ2n) is 5.39. The molecule has 1 aromatic rings. The van der Waals surface area contributed by atoms with Gasteiger partial charge in [-0.05, 0) is 43.2 Å². The Balaban J connectivity index is 2.04. The zero-order chi connectivity index (χ0) is 15.1. The molecule has 0 aromatic heterocycles. The number of carbonyl (C=O) groups is 1. The van der Waals surface area contributed by atoms with Gasteiger partial charge >= 0.3 is 5.97 Å². The Morgan fingerprint density at radius 3 is 2.62 bits per heavy atom. The summed E-state index contributed by atoms with van der Waals surface area (Å²) < 4.78 is 11.2. The summed E-state index contributed by atoms with van der Waals surface area (Å²) in [6.07, 6.45) is 6.91. The molecule has 3 nitrogen and oxygen atoms in total. The molecule has 0 amide bonds. The highest BCUT2D eigenvalue weighted by molar-refractivity contribution is 7.98. The van der Waals surface area contributed by atoms with Crippen molar-refractivity contribution in [2.24, 2.45) is 0 Å². The van der Waals surface area contributed by atoms with Crippen LogP contribution >= 0.6 is 11.8 Å². The van der Waals surface area contributed by atoms with Gasteiger partial charge in [-0.3, -0.25) is 4.79 Å². The zero-order valence-electron chi connectivity index (χ0n) is 12.8. The number of esters is 1. The third-order valence-electron chi connectivity index (χ3n) is 3.93. The molecule has 4 heteroatoms. The number of ether oxygens (including phenoxy) is 2. The van der Waals surface area contributed by atoms with Crippen LogP contribution in [0.2, 0.25) is 0 Å². The van der Waals surface area contributed by atoms with Crippen LogP contribution in [0.5, 0.6) is 5.75 Å². The zero-order valence-corrected chi connectivity index (χ0v) is 13.7. The number of thioether (sulfide) groups is 1. The fraction of sp³-hybridized carbons (Fsp3) is 0.588. The van der Waals surface area contributed by atoms with Crippen LogP contribution in [0, 0.1) is 0 Å². The van der Waals surface area contributed by atoms with Crippen molar-refractivity contribution < 1.29 is 14.3 Å². The largest absolute Gasteiger partial charge is 0.483 e. The Hall–Kier alpha value is -1.16. The molecule has 1 aliphatic rings. The summed E-state index contributed by atoms with van der Waals surface area (Å²) in [6.45, 7) is 1.85. The molecule has 1 fully saturated rings. The molecule has 2 rings (SSSR count). The van der Waals surface area contributed by atoms with E-state index in [9.17, 15) is 4.79 Å². The molecular weight excluding hydrogens is 284 g/mol. The number of hydrogen-bond acceptors (Lipinski definition) is 4. The van der Waals surface area contributed by atoms with Crippen molar-refractivity contribution in [1.82, 2.24) is 0 Å². The van der Waals surface area contributed by atoms with Gasteiger partial charge in [-0.2, -0.15) is 0 Å². The molecule has 0 bridgehead atoms. The van der Waals surface area contributed by atoms with Gasteiger partial charge in [0.1, 0.15) is 17.8 Å². The van der Waals surface area contributed by atoms with Gasteiger partial charge in [0.25, 0.3) is 0 Å². The number of benzene rings is 1. The smallest absolute Gasteiger partial charge is 0.305 e. The van der Waals surface area contributed by atoms with E-state index in [1.165, 1.54) is 12.0 Å². The van der Waals surface area contributed by atoms with Gasteiger partial charge in [-0.1, -0.05) is 25.5 Å². The highest BCUT2D eigenvalue weighted by atomic mass is 32.2. The molecule has 0 N–H and O–H groups in total. The van der Waals surface area contributed by atoms with E-state index in [0.29, 0.717) is 18.3 Å². The number of rotatable bonds is 6. The van der Waals surface area contributed by atoms with Gasteiger partial charge < -0.3 is 9.47 Å². The van der Waals surface area contributed by atoms with Crippen LogP contribution in [0.15, 0.2) is 24.3 Å². The first-order valence-electron chi connectivity index (χ1n) is 7.65. The molecule has 0 radical (unpaired) electrons. The molecule has 116 valence electrons. The first-order valence-corrected chi connectivity index (χ1v) is 9.05. The SMILES string of the molecule is CCC(=O)OC1CCCCC1c1ccc(OCSC)cc1. The molecule has 0 spiro atoms. The third-order valence-corrected chi connectivity index (χ3v) is 4.28. The van der Waals surface area contributed by atoms with E-state index in [0.717, 1.165) is 25.0 Å². The maximum Gasteiger partial charge on any atom is 0.305 e. The maximum atomic E-state index is 11.6. The average molecular weight is 308 g/mol. The molecular formula is C17H24O3S. The van der Waals surface area contributed by atoms with Crippen molar-refractivity contribution in [2.45, 2.75) is 51.0 Å². The fourth-order valence-electron chi connectivity index (χ4n) is 2.81. The van der Waals surface area contributed by atoms with Crippen LogP contribution in [-0.2, 0) is 9.53 Å². The van der Waals surface area contributed by atoms with Crippen LogP contribution in [0.3, 0.4) is 0 Å². The first-order chi connectivity index (χ1) is 10.2. The first kappa shape index (κ1) is 16.2. The average Bonchev–Trinajstić information content (AvgIpc) is 2.54. The standard InChI is InChI=1S/C17H24O3S/c1-3-17(18)20-16-7-5-4-6-15(16)13-8-10-14(11-9-13)19-12-21-2/h8-11,15-16H,3-7,12H2,1-2H3. The van der Waals surface area contributed by atoms with Gasteiger partial charge in [0.05, 0.1) is 0 Å². The minimum Gasteiger partial charge on any atom is -0.483 e. The lowest BCUT2D eigenvalue weighted by Gasteiger charge is -2.31. The van der Waals surface area contributed by atoms with E-state index in [1.54, 1.807) is 11.8 Å². The van der Waals surface area contributed by atoms with E-state index in [2.05, 4.69) is 12.1 Å². The van der Waals surface area contributed by atoms with Gasteiger partial charge in [0, 0.05) is 12.3 Å². The Morgan fingerprint density at radius 2 is 1.95 bits per heavy atom. The quantitative estimate of drug-likeness (QED) is 0.577.